The fraction of sp³-hybridized carbons (Fsp3) is 0.278. The van der Waals surface area contributed by atoms with Crippen molar-refractivity contribution in [3.05, 3.63) is 54.1 Å². The monoisotopic (exact) mass is 398 g/mol. The van der Waals surface area contributed by atoms with Crippen LogP contribution in [0.5, 0.6) is 5.75 Å². The van der Waals surface area contributed by atoms with Gasteiger partial charge >= 0.3 is 0 Å². The zero-order chi connectivity index (χ0) is 20.2. The maximum absolute atomic E-state index is 13.5. The zero-order valence-electron chi connectivity index (χ0n) is 15.0. The third-order valence-corrected chi connectivity index (χ3v) is 4.92. The molecular formula is C18H20F2N2O4S. The Morgan fingerprint density at radius 1 is 1.07 bits per heavy atom. The van der Waals surface area contributed by atoms with Gasteiger partial charge in [0.25, 0.3) is 5.91 Å². The van der Waals surface area contributed by atoms with Crippen molar-refractivity contribution < 1.29 is 26.7 Å². The summed E-state index contributed by atoms with van der Waals surface area (Å²) in [5, 5.41) is 2.26. The van der Waals surface area contributed by atoms with Crippen LogP contribution in [-0.4, -0.2) is 26.5 Å². The Bertz CT molecular complexity index is 923. The lowest BCUT2D eigenvalue weighted by Crippen LogP contribution is -2.40. The molecule has 2 N–H and O–H groups in total. The number of halogens is 2. The van der Waals surface area contributed by atoms with Gasteiger partial charge in [-0.15, -0.1) is 0 Å². The van der Waals surface area contributed by atoms with Crippen molar-refractivity contribution in [1.82, 2.24) is 4.72 Å². The molecule has 9 heteroatoms. The van der Waals surface area contributed by atoms with Crippen molar-refractivity contribution in [2.75, 3.05) is 11.9 Å². The van der Waals surface area contributed by atoms with E-state index in [1.807, 2.05) is 0 Å². The highest BCUT2D eigenvalue weighted by Gasteiger charge is 2.21. The molecule has 0 spiro atoms. The lowest BCUT2D eigenvalue weighted by molar-refractivity contribution is -0.118. The van der Waals surface area contributed by atoms with Gasteiger partial charge < -0.3 is 10.1 Å². The van der Waals surface area contributed by atoms with Gasteiger partial charge in [-0.05, 0) is 57.2 Å². The maximum Gasteiger partial charge on any atom is 0.262 e. The Balaban J connectivity index is 1.96. The molecule has 2 rings (SSSR count). The summed E-state index contributed by atoms with van der Waals surface area (Å²) in [4.78, 5) is 11.9. The van der Waals surface area contributed by atoms with Gasteiger partial charge in [0.05, 0.1) is 10.6 Å². The number of hydrogen-bond donors (Lipinski definition) is 2. The first-order chi connectivity index (χ1) is 12.5. The predicted molar refractivity (Wildman–Crippen MR) is 97.0 cm³/mol. The summed E-state index contributed by atoms with van der Waals surface area (Å²) in [6, 6.07) is 8.28. The average Bonchev–Trinajstić information content (AvgIpc) is 2.54. The topological polar surface area (TPSA) is 84.5 Å². The summed E-state index contributed by atoms with van der Waals surface area (Å²) in [5.74, 6) is -2.03. The van der Waals surface area contributed by atoms with Crippen LogP contribution < -0.4 is 14.8 Å². The molecule has 146 valence electrons. The Hall–Kier alpha value is -2.52. The van der Waals surface area contributed by atoms with Crippen molar-refractivity contribution in [2.45, 2.75) is 31.2 Å². The van der Waals surface area contributed by atoms with Crippen LogP contribution >= 0.6 is 0 Å². The number of anilines is 1. The lowest BCUT2D eigenvalue weighted by Gasteiger charge is -2.20. The molecule has 0 radical (unpaired) electrons. The normalized spacial score (nSPS) is 11.9. The molecular weight excluding hydrogens is 378 g/mol. The van der Waals surface area contributed by atoms with Crippen molar-refractivity contribution in [3.8, 4) is 5.75 Å². The van der Waals surface area contributed by atoms with Crippen LogP contribution in [0.3, 0.4) is 0 Å². The molecule has 0 unspecified atom stereocenters. The van der Waals surface area contributed by atoms with Crippen LogP contribution in [0.1, 0.15) is 20.8 Å². The van der Waals surface area contributed by atoms with Gasteiger partial charge in [-0.2, -0.15) is 0 Å². The van der Waals surface area contributed by atoms with Gasteiger partial charge in [0.1, 0.15) is 17.4 Å². The summed E-state index contributed by atoms with van der Waals surface area (Å²) < 4.78 is 58.5. The number of nitrogens with one attached hydrogen (secondary N) is 2. The molecule has 1 amide bonds. The summed E-state index contributed by atoms with van der Waals surface area (Å²) in [7, 11) is -3.67. The Morgan fingerprint density at radius 3 is 2.26 bits per heavy atom. The van der Waals surface area contributed by atoms with Gasteiger partial charge in [0, 0.05) is 11.6 Å². The second-order valence-electron chi connectivity index (χ2n) is 6.79. The molecule has 6 nitrogen and oxygen atoms in total. The molecule has 0 saturated heterocycles. The SMILES string of the molecule is CC(C)(C)NS(=O)(=O)c1ccc(OCC(=O)Nc2ccc(F)cc2F)cc1. The fourth-order valence-electron chi connectivity index (χ4n) is 2.10. The van der Waals surface area contributed by atoms with Crippen LogP contribution in [0.25, 0.3) is 0 Å². The first-order valence-corrected chi connectivity index (χ1v) is 9.46. The molecule has 0 fully saturated rings. The highest BCUT2D eigenvalue weighted by molar-refractivity contribution is 7.89. The van der Waals surface area contributed by atoms with E-state index in [4.69, 9.17) is 4.74 Å². The second-order valence-corrected chi connectivity index (χ2v) is 8.47. The number of amides is 1. The highest BCUT2D eigenvalue weighted by Crippen LogP contribution is 2.18. The minimum Gasteiger partial charge on any atom is -0.484 e. The summed E-state index contributed by atoms with van der Waals surface area (Å²) in [6.45, 7) is 4.75. The molecule has 0 heterocycles. The van der Waals surface area contributed by atoms with Gasteiger partial charge in [0.2, 0.25) is 10.0 Å². The Labute approximate surface area is 156 Å². The molecule has 0 aliphatic rings. The quantitative estimate of drug-likeness (QED) is 0.783. The largest absolute Gasteiger partial charge is 0.484 e. The Kier molecular flexibility index (Phi) is 6.17. The third-order valence-electron chi connectivity index (χ3n) is 3.15. The molecule has 0 saturated carbocycles. The summed E-state index contributed by atoms with van der Waals surface area (Å²) in [5.41, 5.74) is -0.790. The predicted octanol–water partition coefficient (Wildman–Crippen LogP) is 3.06. The molecule has 0 aliphatic carbocycles. The molecule has 2 aromatic rings. The van der Waals surface area contributed by atoms with Gasteiger partial charge in [0.15, 0.2) is 6.61 Å². The van der Waals surface area contributed by atoms with E-state index >= 15 is 0 Å². The number of carbonyl (C=O) groups is 1. The third kappa shape index (κ3) is 6.30. The number of sulfonamides is 1. The zero-order valence-corrected chi connectivity index (χ0v) is 15.9. The minimum absolute atomic E-state index is 0.0580. The Morgan fingerprint density at radius 2 is 1.70 bits per heavy atom. The first-order valence-electron chi connectivity index (χ1n) is 7.98. The van der Waals surface area contributed by atoms with Crippen molar-refractivity contribution >= 4 is 21.6 Å². The summed E-state index contributed by atoms with van der Waals surface area (Å²) >= 11 is 0. The number of benzene rings is 2. The highest BCUT2D eigenvalue weighted by atomic mass is 32.2. The number of carbonyl (C=O) groups excluding carboxylic acids is 1. The second kappa shape index (κ2) is 8.01. The van der Waals surface area contributed by atoms with E-state index in [2.05, 4.69) is 10.0 Å². The molecule has 0 aromatic heterocycles. The van der Waals surface area contributed by atoms with E-state index < -0.39 is 39.7 Å². The van der Waals surface area contributed by atoms with Crippen LogP contribution in [0.15, 0.2) is 47.4 Å². The van der Waals surface area contributed by atoms with E-state index in [9.17, 15) is 22.0 Å². The number of rotatable bonds is 6. The lowest BCUT2D eigenvalue weighted by atomic mass is 10.1. The van der Waals surface area contributed by atoms with Crippen molar-refractivity contribution in [1.29, 1.82) is 0 Å². The number of hydrogen-bond acceptors (Lipinski definition) is 4. The maximum atomic E-state index is 13.5. The molecule has 0 aliphatic heterocycles. The number of ether oxygens (including phenoxy) is 1. The van der Waals surface area contributed by atoms with E-state index in [1.54, 1.807) is 20.8 Å². The van der Waals surface area contributed by atoms with Crippen molar-refractivity contribution in [2.24, 2.45) is 0 Å². The van der Waals surface area contributed by atoms with E-state index in [0.29, 0.717) is 6.07 Å². The van der Waals surface area contributed by atoms with E-state index in [0.717, 1.165) is 12.1 Å². The van der Waals surface area contributed by atoms with E-state index in [-0.39, 0.29) is 16.3 Å². The average molecular weight is 398 g/mol. The molecule has 2 aromatic carbocycles. The van der Waals surface area contributed by atoms with Gasteiger partial charge in [-0.1, -0.05) is 0 Å². The summed E-state index contributed by atoms with van der Waals surface area (Å²) in [6.07, 6.45) is 0. The van der Waals surface area contributed by atoms with Gasteiger partial charge in [-0.25, -0.2) is 21.9 Å². The standard InChI is InChI=1S/C18H20F2N2O4S/c1-18(2,3)22-27(24,25)14-7-5-13(6-8-14)26-11-17(23)21-16-9-4-12(19)10-15(16)20/h4-10,22H,11H2,1-3H3,(H,21,23). The van der Waals surface area contributed by atoms with Crippen LogP contribution in [0, 0.1) is 11.6 Å². The van der Waals surface area contributed by atoms with E-state index in [1.165, 1.54) is 24.3 Å². The van der Waals surface area contributed by atoms with Crippen LogP contribution in [-0.2, 0) is 14.8 Å². The smallest absolute Gasteiger partial charge is 0.262 e. The van der Waals surface area contributed by atoms with Crippen LogP contribution in [0.2, 0.25) is 0 Å². The first kappa shape index (κ1) is 20.8. The minimum atomic E-state index is -3.67. The molecule has 0 bridgehead atoms. The molecule has 27 heavy (non-hydrogen) atoms. The van der Waals surface area contributed by atoms with Crippen LogP contribution in [0.4, 0.5) is 14.5 Å². The van der Waals surface area contributed by atoms with Gasteiger partial charge in [-0.3, -0.25) is 4.79 Å². The van der Waals surface area contributed by atoms with Crippen molar-refractivity contribution in [3.63, 3.8) is 0 Å². The molecule has 0 atom stereocenters. The fourth-order valence-corrected chi connectivity index (χ4v) is 3.52.